The molecule has 114 valence electrons. The summed E-state index contributed by atoms with van der Waals surface area (Å²) in [6.45, 7) is 9.07. The van der Waals surface area contributed by atoms with Crippen LogP contribution in [0.25, 0.3) is 0 Å². The molecule has 1 aliphatic rings. The Hall–Kier alpha value is 0.1000. The monoisotopic (exact) mass is 359 g/mol. The Morgan fingerprint density at radius 1 is 1.45 bits per heavy atom. The molecule has 4 heteroatoms. The highest BCUT2D eigenvalue weighted by atomic mass is 79.9. The van der Waals surface area contributed by atoms with Gasteiger partial charge in [0.05, 0.1) is 6.10 Å². The molecule has 4 unspecified atom stereocenters. The van der Waals surface area contributed by atoms with Crippen molar-refractivity contribution in [1.82, 2.24) is 0 Å². The predicted octanol–water partition coefficient (Wildman–Crippen LogP) is 5.13. The molecule has 4 atom stereocenters. The van der Waals surface area contributed by atoms with Crippen LogP contribution in [-0.4, -0.2) is 12.1 Å². The highest BCUT2D eigenvalue weighted by molar-refractivity contribution is 9.10. The summed E-state index contributed by atoms with van der Waals surface area (Å²) in [5, 5.41) is 2.10. The summed E-state index contributed by atoms with van der Waals surface area (Å²) in [5.41, 5.74) is 6.54. The molecule has 1 fully saturated rings. The summed E-state index contributed by atoms with van der Waals surface area (Å²) < 4.78 is 7.54. The van der Waals surface area contributed by atoms with Crippen LogP contribution in [-0.2, 0) is 4.74 Å². The number of ether oxygens (including phenoxy) is 1. The molecule has 0 saturated heterocycles. The molecule has 0 bridgehead atoms. The molecular weight excluding hydrogens is 334 g/mol. The van der Waals surface area contributed by atoms with E-state index in [0.717, 1.165) is 23.2 Å². The van der Waals surface area contributed by atoms with Gasteiger partial charge in [-0.3, -0.25) is 0 Å². The van der Waals surface area contributed by atoms with E-state index in [-0.39, 0.29) is 12.1 Å². The summed E-state index contributed by atoms with van der Waals surface area (Å²) in [6, 6.07) is 2.15. The molecule has 2 rings (SSSR count). The van der Waals surface area contributed by atoms with Crippen molar-refractivity contribution in [3.63, 3.8) is 0 Å². The summed E-state index contributed by atoms with van der Waals surface area (Å²) in [7, 11) is 0. The predicted molar refractivity (Wildman–Crippen MR) is 90.1 cm³/mol. The van der Waals surface area contributed by atoms with Gasteiger partial charge in [-0.2, -0.15) is 0 Å². The van der Waals surface area contributed by atoms with E-state index in [1.807, 2.05) is 6.92 Å². The van der Waals surface area contributed by atoms with E-state index in [1.54, 1.807) is 11.3 Å². The highest BCUT2D eigenvalue weighted by Gasteiger charge is 2.34. The molecule has 20 heavy (non-hydrogen) atoms. The second-order valence-corrected chi connectivity index (χ2v) is 8.98. The van der Waals surface area contributed by atoms with Crippen molar-refractivity contribution in [3.8, 4) is 0 Å². The minimum absolute atomic E-state index is 0.0115. The van der Waals surface area contributed by atoms with Crippen molar-refractivity contribution < 1.29 is 4.74 Å². The molecule has 1 saturated carbocycles. The first-order chi connectivity index (χ1) is 9.27. The summed E-state index contributed by atoms with van der Waals surface area (Å²) in [5.74, 6) is 0.729. The first kappa shape index (κ1) is 16.5. The molecular formula is C16H26BrNOS. The van der Waals surface area contributed by atoms with E-state index in [9.17, 15) is 0 Å². The maximum Gasteiger partial charge on any atom is 0.107 e. The zero-order chi connectivity index (χ0) is 14.9. The van der Waals surface area contributed by atoms with Gasteiger partial charge in [-0.1, -0.05) is 20.8 Å². The Labute approximate surface area is 135 Å². The molecule has 0 aliphatic heterocycles. The van der Waals surface area contributed by atoms with E-state index in [4.69, 9.17) is 10.5 Å². The van der Waals surface area contributed by atoms with Crippen LogP contribution < -0.4 is 5.73 Å². The Bertz CT molecular complexity index is 443. The number of thiophene rings is 1. The maximum atomic E-state index is 6.42. The van der Waals surface area contributed by atoms with Crippen LogP contribution in [0.15, 0.2) is 15.9 Å². The molecule has 2 nitrogen and oxygen atoms in total. The molecule has 0 radical (unpaired) electrons. The summed E-state index contributed by atoms with van der Waals surface area (Å²) in [4.78, 5) is 1.22. The van der Waals surface area contributed by atoms with Gasteiger partial charge < -0.3 is 10.5 Å². The van der Waals surface area contributed by atoms with Gasteiger partial charge in [0.2, 0.25) is 0 Å². The number of hydrogen-bond donors (Lipinski definition) is 1. The van der Waals surface area contributed by atoms with Crippen LogP contribution in [0, 0.1) is 11.3 Å². The van der Waals surface area contributed by atoms with Crippen molar-refractivity contribution in [2.24, 2.45) is 17.1 Å². The molecule has 1 aromatic heterocycles. The normalized spacial score (nSPS) is 29.1. The molecule has 2 N–H and O–H groups in total. The average molecular weight is 360 g/mol. The van der Waals surface area contributed by atoms with Crippen LogP contribution in [0.1, 0.15) is 57.9 Å². The lowest BCUT2D eigenvalue weighted by Crippen LogP contribution is -2.36. The van der Waals surface area contributed by atoms with E-state index in [2.05, 4.69) is 48.1 Å². The van der Waals surface area contributed by atoms with Crippen LogP contribution in [0.5, 0.6) is 0 Å². The van der Waals surface area contributed by atoms with Crippen molar-refractivity contribution in [3.05, 3.63) is 20.8 Å². The zero-order valence-electron chi connectivity index (χ0n) is 12.9. The smallest absolute Gasteiger partial charge is 0.107 e. The van der Waals surface area contributed by atoms with Crippen molar-refractivity contribution in [2.75, 3.05) is 0 Å². The number of hydrogen-bond acceptors (Lipinski definition) is 3. The van der Waals surface area contributed by atoms with E-state index < -0.39 is 0 Å². The Morgan fingerprint density at radius 3 is 2.65 bits per heavy atom. The number of rotatable bonds is 4. The summed E-state index contributed by atoms with van der Waals surface area (Å²) in [6.07, 6.45) is 3.91. The van der Waals surface area contributed by atoms with Gasteiger partial charge in [0, 0.05) is 20.8 Å². The SMILES string of the molecule is CC1CC(OC(c2cc(Br)cs2)C(C)N)CC(C)(C)C1. The van der Waals surface area contributed by atoms with Gasteiger partial charge in [-0.15, -0.1) is 11.3 Å². The van der Waals surface area contributed by atoms with Gasteiger partial charge in [0.15, 0.2) is 0 Å². The van der Waals surface area contributed by atoms with Crippen LogP contribution in [0.3, 0.4) is 0 Å². The Balaban J connectivity index is 2.08. The van der Waals surface area contributed by atoms with Crippen LogP contribution >= 0.6 is 27.3 Å². The quantitative estimate of drug-likeness (QED) is 0.808. The van der Waals surface area contributed by atoms with Crippen LogP contribution in [0.4, 0.5) is 0 Å². The van der Waals surface area contributed by atoms with Crippen molar-refractivity contribution in [2.45, 2.75) is 65.2 Å². The fourth-order valence-corrected chi connectivity index (χ4v) is 5.09. The topological polar surface area (TPSA) is 35.2 Å². The van der Waals surface area contributed by atoms with E-state index in [0.29, 0.717) is 11.5 Å². The minimum Gasteiger partial charge on any atom is -0.368 e. The van der Waals surface area contributed by atoms with Crippen LogP contribution in [0.2, 0.25) is 0 Å². The minimum atomic E-state index is 0.0115. The third-order valence-electron chi connectivity index (χ3n) is 4.03. The second kappa shape index (κ2) is 6.47. The van der Waals surface area contributed by atoms with Gasteiger partial charge in [0.25, 0.3) is 0 Å². The fourth-order valence-electron chi connectivity index (χ4n) is 3.50. The first-order valence-electron chi connectivity index (χ1n) is 7.42. The second-order valence-electron chi connectivity index (χ2n) is 7.12. The number of halogens is 1. The molecule has 1 heterocycles. The van der Waals surface area contributed by atoms with Gasteiger partial charge in [-0.05, 0) is 59.5 Å². The first-order valence-corrected chi connectivity index (χ1v) is 9.09. The van der Waals surface area contributed by atoms with Gasteiger partial charge in [-0.25, -0.2) is 0 Å². The average Bonchev–Trinajstić information content (AvgIpc) is 2.69. The standard InChI is InChI=1S/C16H26BrNOS/c1-10-5-13(8-16(3,4)7-10)19-15(11(2)18)14-6-12(17)9-20-14/h6,9-11,13,15H,5,7-8,18H2,1-4H3. The third-order valence-corrected chi connectivity index (χ3v) is 5.79. The van der Waals surface area contributed by atoms with Crippen molar-refractivity contribution in [1.29, 1.82) is 0 Å². The van der Waals surface area contributed by atoms with Crippen molar-refractivity contribution >= 4 is 27.3 Å². The highest BCUT2D eigenvalue weighted by Crippen LogP contribution is 2.42. The Kier molecular flexibility index (Phi) is 5.33. The third kappa shape index (κ3) is 4.30. The van der Waals surface area contributed by atoms with E-state index in [1.165, 1.54) is 11.3 Å². The molecule has 0 spiro atoms. The molecule has 0 aromatic carbocycles. The van der Waals surface area contributed by atoms with E-state index >= 15 is 0 Å². The van der Waals surface area contributed by atoms with Gasteiger partial charge in [0.1, 0.15) is 6.10 Å². The maximum absolute atomic E-state index is 6.42. The fraction of sp³-hybridized carbons (Fsp3) is 0.750. The molecule has 1 aromatic rings. The molecule has 0 amide bonds. The molecule has 1 aliphatic carbocycles. The lowest BCUT2D eigenvalue weighted by molar-refractivity contribution is -0.0725. The largest absolute Gasteiger partial charge is 0.368 e. The number of nitrogens with two attached hydrogens (primary N) is 1. The van der Waals surface area contributed by atoms with Gasteiger partial charge >= 0.3 is 0 Å². The lowest BCUT2D eigenvalue weighted by Gasteiger charge is -2.40. The lowest BCUT2D eigenvalue weighted by atomic mass is 9.71. The summed E-state index contributed by atoms with van der Waals surface area (Å²) >= 11 is 5.24. The Morgan fingerprint density at radius 2 is 2.15 bits per heavy atom. The zero-order valence-corrected chi connectivity index (χ0v) is 15.3.